The van der Waals surface area contributed by atoms with Gasteiger partial charge in [0, 0.05) is 12.6 Å². The van der Waals surface area contributed by atoms with Crippen molar-refractivity contribution < 1.29 is 4.39 Å². The summed E-state index contributed by atoms with van der Waals surface area (Å²) in [7, 11) is 0. The fourth-order valence-electron chi connectivity index (χ4n) is 3.11. The highest BCUT2D eigenvalue weighted by Crippen LogP contribution is 2.37. The molecule has 21 heavy (non-hydrogen) atoms. The number of benzene rings is 2. The topological polar surface area (TPSA) is 12.0 Å². The second-order valence-electron chi connectivity index (χ2n) is 5.79. The van der Waals surface area contributed by atoms with Gasteiger partial charge in [-0.1, -0.05) is 48.9 Å². The van der Waals surface area contributed by atoms with Crippen molar-refractivity contribution in [1.82, 2.24) is 5.32 Å². The lowest BCUT2D eigenvalue weighted by molar-refractivity contribution is 0.431. The Bertz CT molecular complexity index is 641. The summed E-state index contributed by atoms with van der Waals surface area (Å²) >= 11 is 5.83. The Balaban J connectivity index is 1.74. The highest BCUT2D eigenvalue weighted by Gasteiger charge is 2.23. The molecule has 1 aliphatic rings. The van der Waals surface area contributed by atoms with E-state index in [1.165, 1.54) is 23.6 Å². The molecule has 2 atom stereocenters. The Hall–Kier alpha value is -1.38. The van der Waals surface area contributed by atoms with Crippen LogP contribution in [0.2, 0.25) is 5.02 Å². The summed E-state index contributed by atoms with van der Waals surface area (Å²) < 4.78 is 13.2. The van der Waals surface area contributed by atoms with Crippen LogP contribution in [0.25, 0.3) is 0 Å². The maximum atomic E-state index is 13.2. The van der Waals surface area contributed by atoms with Gasteiger partial charge in [0.2, 0.25) is 0 Å². The van der Waals surface area contributed by atoms with Gasteiger partial charge in [-0.3, -0.25) is 0 Å². The van der Waals surface area contributed by atoms with Crippen molar-refractivity contribution in [3.8, 4) is 0 Å². The number of hydrogen-bond acceptors (Lipinski definition) is 1. The summed E-state index contributed by atoms with van der Waals surface area (Å²) in [5, 5.41) is 3.77. The van der Waals surface area contributed by atoms with Crippen LogP contribution in [0.3, 0.4) is 0 Å². The van der Waals surface area contributed by atoms with Gasteiger partial charge in [0.05, 0.1) is 5.02 Å². The molecule has 0 aliphatic heterocycles. The maximum absolute atomic E-state index is 13.2. The van der Waals surface area contributed by atoms with Crippen LogP contribution in [-0.2, 0) is 6.54 Å². The van der Waals surface area contributed by atoms with Crippen LogP contribution >= 0.6 is 11.6 Å². The molecule has 0 fully saturated rings. The number of halogens is 2. The Morgan fingerprint density at radius 2 is 1.90 bits per heavy atom. The molecule has 0 aromatic heterocycles. The Labute approximate surface area is 130 Å². The lowest BCUT2D eigenvalue weighted by atomic mass is 9.81. The van der Waals surface area contributed by atoms with Crippen molar-refractivity contribution in [1.29, 1.82) is 0 Å². The van der Waals surface area contributed by atoms with Crippen LogP contribution in [-0.4, -0.2) is 0 Å². The first-order valence-electron chi connectivity index (χ1n) is 7.41. The summed E-state index contributed by atoms with van der Waals surface area (Å²) in [6.45, 7) is 2.99. The molecule has 110 valence electrons. The van der Waals surface area contributed by atoms with E-state index in [9.17, 15) is 4.39 Å². The van der Waals surface area contributed by atoms with Crippen LogP contribution < -0.4 is 5.32 Å². The minimum atomic E-state index is -0.364. The fraction of sp³-hybridized carbons (Fsp3) is 0.333. The molecule has 3 rings (SSSR count). The van der Waals surface area contributed by atoms with Gasteiger partial charge in [0.1, 0.15) is 5.82 Å². The third-order valence-electron chi connectivity index (χ3n) is 4.33. The number of nitrogens with one attached hydrogen (secondary N) is 1. The van der Waals surface area contributed by atoms with E-state index >= 15 is 0 Å². The predicted octanol–water partition coefficient (Wildman–Crippen LogP) is 5.21. The minimum absolute atomic E-state index is 0.187. The van der Waals surface area contributed by atoms with Crippen molar-refractivity contribution in [2.24, 2.45) is 0 Å². The van der Waals surface area contributed by atoms with E-state index in [1.54, 1.807) is 12.1 Å². The minimum Gasteiger partial charge on any atom is -0.306 e. The molecule has 1 N–H and O–H groups in total. The van der Waals surface area contributed by atoms with Gasteiger partial charge in [-0.15, -0.1) is 0 Å². The van der Waals surface area contributed by atoms with Gasteiger partial charge in [-0.2, -0.15) is 0 Å². The van der Waals surface area contributed by atoms with Gasteiger partial charge in [0.25, 0.3) is 0 Å². The molecule has 0 amide bonds. The molecule has 0 heterocycles. The summed E-state index contributed by atoms with van der Waals surface area (Å²) in [5.74, 6) is 0.261. The van der Waals surface area contributed by atoms with E-state index < -0.39 is 0 Å². The first-order valence-corrected chi connectivity index (χ1v) is 7.79. The van der Waals surface area contributed by atoms with E-state index in [1.807, 2.05) is 0 Å². The second-order valence-corrected chi connectivity index (χ2v) is 6.20. The van der Waals surface area contributed by atoms with Crippen LogP contribution in [0.1, 0.15) is 48.4 Å². The van der Waals surface area contributed by atoms with Crippen molar-refractivity contribution in [2.45, 2.75) is 38.3 Å². The number of rotatable bonds is 3. The Morgan fingerprint density at radius 3 is 2.67 bits per heavy atom. The summed E-state index contributed by atoms with van der Waals surface area (Å²) in [5.41, 5.74) is 3.85. The van der Waals surface area contributed by atoms with Gasteiger partial charge in [-0.25, -0.2) is 4.39 Å². The smallest absolute Gasteiger partial charge is 0.141 e. The molecule has 3 heteroatoms. The molecule has 0 saturated carbocycles. The first kappa shape index (κ1) is 14.6. The Kier molecular flexibility index (Phi) is 4.27. The molecule has 0 radical (unpaired) electrons. The highest BCUT2D eigenvalue weighted by atomic mass is 35.5. The molecule has 2 unspecified atom stereocenters. The van der Waals surface area contributed by atoms with E-state index in [4.69, 9.17) is 11.6 Å². The second kappa shape index (κ2) is 6.17. The van der Waals surface area contributed by atoms with E-state index in [0.717, 1.165) is 12.0 Å². The molecule has 0 spiro atoms. The summed E-state index contributed by atoms with van der Waals surface area (Å²) in [6, 6.07) is 13.9. The van der Waals surface area contributed by atoms with Crippen molar-refractivity contribution in [2.75, 3.05) is 0 Å². The normalized spacial score (nSPS) is 21.1. The van der Waals surface area contributed by atoms with E-state index in [0.29, 0.717) is 18.5 Å². The van der Waals surface area contributed by atoms with Gasteiger partial charge < -0.3 is 5.32 Å². The van der Waals surface area contributed by atoms with E-state index in [2.05, 4.69) is 36.5 Å². The van der Waals surface area contributed by atoms with Crippen LogP contribution in [0.5, 0.6) is 0 Å². The molecular formula is C18H19ClFN. The third kappa shape index (κ3) is 3.12. The average Bonchev–Trinajstić information content (AvgIpc) is 2.50. The molecule has 0 bridgehead atoms. The number of hydrogen-bond donors (Lipinski definition) is 1. The molecule has 2 aromatic rings. The SMILES string of the molecule is CC1CCC(NCc2ccc(F)c(Cl)c2)c2ccccc21. The Morgan fingerprint density at radius 1 is 1.14 bits per heavy atom. The molecule has 1 aliphatic carbocycles. The largest absolute Gasteiger partial charge is 0.306 e. The highest BCUT2D eigenvalue weighted by molar-refractivity contribution is 6.30. The zero-order valence-electron chi connectivity index (χ0n) is 12.1. The van der Waals surface area contributed by atoms with Crippen LogP contribution in [0, 0.1) is 5.82 Å². The van der Waals surface area contributed by atoms with E-state index in [-0.39, 0.29) is 10.8 Å². The van der Waals surface area contributed by atoms with Crippen molar-refractivity contribution >= 4 is 11.6 Å². The summed E-state index contributed by atoms with van der Waals surface area (Å²) in [4.78, 5) is 0. The van der Waals surface area contributed by atoms with Crippen molar-refractivity contribution in [3.05, 3.63) is 70.0 Å². The zero-order valence-corrected chi connectivity index (χ0v) is 12.8. The van der Waals surface area contributed by atoms with Gasteiger partial charge >= 0.3 is 0 Å². The average molecular weight is 304 g/mol. The molecule has 0 saturated heterocycles. The molecular weight excluding hydrogens is 285 g/mol. The zero-order chi connectivity index (χ0) is 14.8. The fourth-order valence-corrected chi connectivity index (χ4v) is 3.31. The lowest BCUT2D eigenvalue weighted by Crippen LogP contribution is -2.25. The van der Waals surface area contributed by atoms with Gasteiger partial charge in [-0.05, 0) is 47.6 Å². The maximum Gasteiger partial charge on any atom is 0.141 e. The lowest BCUT2D eigenvalue weighted by Gasteiger charge is -2.30. The standard InChI is InChI=1S/C18H19ClFN/c1-12-6-9-18(15-5-3-2-4-14(12)15)21-11-13-7-8-17(20)16(19)10-13/h2-5,7-8,10,12,18,21H,6,9,11H2,1H3. The molecule has 1 nitrogen and oxygen atoms in total. The summed E-state index contributed by atoms with van der Waals surface area (Å²) in [6.07, 6.45) is 2.33. The predicted molar refractivity (Wildman–Crippen MR) is 85.1 cm³/mol. The van der Waals surface area contributed by atoms with Crippen LogP contribution in [0.4, 0.5) is 4.39 Å². The first-order chi connectivity index (χ1) is 10.1. The molecule has 2 aromatic carbocycles. The van der Waals surface area contributed by atoms with Crippen molar-refractivity contribution in [3.63, 3.8) is 0 Å². The quantitative estimate of drug-likeness (QED) is 0.821. The van der Waals surface area contributed by atoms with Gasteiger partial charge in [0.15, 0.2) is 0 Å². The van der Waals surface area contributed by atoms with Crippen LogP contribution in [0.15, 0.2) is 42.5 Å². The monoisotopic (exact) mass is 303 g/mol. The third-order valence-corrected chi connectivity index (χ3v) is 4.62. The number of fused-ring (bicyclic) bond motifs is 1.